The molecule has 0 aliphatic carbocycles. The first-order valence-corrected chi connectivity index (χ1v) is 10.5. The highest BCUT2D eigenvalue weighted by Crippen LogP contribution is 2.28. The van der Waals surface area contributed by atoms with E-state index in [1.54, 1.807) is 29.2 Å². The molecule has 26 heavy (non-hydrogen) atoms. The smallest absolute Gasteiger partial charge is 0.254 e. The fourth-order valence-electron chi connectivity index (χ4n) is 3.66. The van der Waals surface area contributed by atoms with Crippen LogP contribution >= 0.6 is 0 Å². The summed E-state index contributed by atoms with van der Waals surface area (Å²) in [5.41, 5.74) is 2.18. The van der Waals surface area contributed by atoms with Crippen molar-refractivity contribution in [1.82, 2.24) is 9.80 Å². The third kappa shape index (κ3) is 3.81. The second kappa shape index (κ2) is 7.22. The summed E-state index contributed by atoms with van der Waals surface area (Å²) in [7, 11) is -3.16. The number of rotatable bonds is 3. The highest BCUT2D eigenvalue weighted by atomic mass is 32.2. The molecule has 1 aromatic rings. The van der Waals surface area contributed by atoms with Crippen molar-refractivity contribution in [2.45, 2.75) is 25.9 Å². The largest absolute Gasteiger partial charge is 0.332 e. The SMILES string of the molecule is CC(C)=CCN1CCN(C(=O)c2ccc(C#N)cc2)[C@@H]2CS(=O)(=O)C[C@@H]21. The van der Waals surface area contributed by atoms with Crippen molar-refractivity contribution >= 4 is 15.7 Å². The molecule has 1 aromatic carbocycles. The maximum Gasteiger partial charge on any atom is 0.254 e. The molecule has 2 fully saturated rings. The molecule has 7 heteroatoms. The van der Waals surface area contributed by atoms with Gasteiger partial charge in [-0.1, -0.05) is 11.6 Å². The first-order valence-electron chi connectivity index (χ1n) is 8.70. The van der Waals surface area contributed by atoms with Crippen LogP contribution in [0.25, 0.3) is 0 Å². The minimum absolute atomic E-state index is 0.0189. The number of fused-ring (bicyclic) bond motifs is 1. The van der Waals surface area contributed by atoms with Crippen molar-refractivity contribution in [3.63, 3.8) is 0 Å². The van der Waals surface area contributed by atoms with Gasteiger partial charge in [0.1, 0.15) is 0 Å². The minimum Gasteiger partial charge on any atom is -0.332 e. The van der Waals surface area contributed by atoms with Crippen molar-refractivity contribution < 1.29 is 13.2 Å². The van der Waals surface area contributed by atoms with Gasteiger partial charge in [-0.05, 0) is 38.1 Å². The zero-order valence-electron chi connectivity index (χ0n) is 15.1. The quantitative estimate of drug-likeness (QED) is 0.749. The van der Waals surface area contributed by atoms with E-state index >= 15 is 0 Å². The van der Waals surface area contributed by atoms with Crippen LogP contribution in [0, 0.1) is 11.3 Å². The van der Waals surface area contributed by atoms with Crippen molar-refractivity contribution in [3.8, 4) is 6.07 Å². The maximum absolute atomic E-state index is 12.9. The van der Waals surface area contributed by atoms with Crippen LogP contribution in [0.2, 0.25) is 0 Å². The van der Waals surface area contributed by atoms with Crippen LogP contribution in [-0.2, 0) is 9.84 Å². The average Bonchev–Trinajstić information content (AvgIpc) is 2.94. The zero-order valence-corrected chi connectivity index (χ0v) is 15.9. The lowest BCUT2D eigenvalue weighted by Gasteiger charge is -2.43. The molecule has 2 saturated heterocycles. The first kappa shape index (κ1) is 18.6. The van der Waals surface area contributed by atoms with Crippen LogP contribution in [0.4, 0.5) is 0 Å². The van der Waals surface area contributed by atoms with Crippen LogP contribution in [-0.4, -0.2) is 67.3 Å². The number of carbonyl (C=O) groups excluding carboxylic acids is 1. The lowest BCUT2D eigenvalue weighted by atomic mass is 10.0. The molecule has 0 aromatic heterocycles. The Bertz CT molecular complexity index is 864. The van der Waals surface area contributed by atoms with E-state index in [4.69, 9.17) is 5.26 Å². The second-order valence-corrected chi connectivity index (χ2v) is 9.33. The number of sulfone groups is 1. The molecule has 2 atom stereocenters. The van der Waals surface area contributed by atoms with Gasteiger partial charge in [0.05, 0.1) is 29.2 Å². The third-order valence-electron chi connectivity index (χ3n) is 5.05. The molecule has 6 nitrogen and oxygen atoms in total. The zero-order chi connectivity index (χ0) is 18.9. The monoisotopic (exact) mass is 373 g/mol. The van der Waals surface area contributed by atoms with E-state index in [1.165, 1.54) is 5.57 Å². The van der Waals surface area contributed by atoms with Crippen LogP contribution in [0.15, 0.2) is 35.9 Å². The van der Waals surface area contributed by atoms with Crippen molar-refractivity contribution in [2.75, 3.05) is 31.1 Å². The van der Waals surface area contributed by atoms with Crippen molar-refractivity contribution in [2.24, 2.45) is 0 Å². The molecular formula is C19H23N3O3S. The number of carbonyl (C=O) groups is 1. The lowest BCUT2D eigenvalue weighted by molar-refractivity contribution is 0.0368. The van der Waals surface area contributed by atoms with Crippen LogP contribution in [0.1, 0.15) is 29.8 Å². The Morgan fingerprint density at radius 1 is 1.19 bits per heavy atom. The highest BCUT2D eigenvalue weighted by molar-refractivity contribution is 7.91. The van der Waals surface area contributed by atoms with Gasteiger partial charge in [0.15, 0.2) is 9.84 Å². The molecule has 0 spiro atoms. The standard InChI is InChI=1S/C19H23N3O3S/c1-14(2)7-8-21-9-10-22(18-13-26(24,25)12-17(18)21)19(23)16-5-3-15(11-20)4-6-16/h3-7,17-18H,8-10,12-13H2,1-2H3/t17-,18+/m0/s1. The Balaban J connectivity index is 1.84. The normalized spacial score (nSPS) is 24.6. The molecule has 2 aliphatic rings. The Morgan fingerprint density at radius 2 is 1.85 bits per heavy atom. The highest BCUT2D eigenvalue weighted by Gasteiger charge is 2.47. The van der Waals surface area contributed by atoms with E-state index in [9.17, 15) is 13.2 Å². The molecule has 1 amide bonds. The fourth-order valence-corrected chi connectivity index (χ4v) is 5.67. The van der Waals surface area contributed by atoms with Gasteiger partial charge in [0, 0.05) is 31.2 Å². The Morgan fingerprint density at radius 3 is 2.46 bits per heavy atom. The molecule has 0 bridgehead atoms. The fraction of sp³-hybridized carbons (Fsp3) is 0.474. The van der Waals surface area contributed by atoms with Gasteiger partial charge in [-0.2, -0.15) is 5.26 Å². The number of nitrogens with zero attached hydrogens (tertiary/aromatic N) is 3. The molecule has 0 N–H and O–H groups in total. The van der Waals surface area contributed by atoms with Gasteiger partial charge >= 0.3 is 0 Å². The minimum atomic E-state index is -3.16. The van der Waals surface area contributed by atoms with Crippen LogP contribution in [0.5, 0.6) is 0 Å². The Hall–Kier alpha value is -2.17. The molecule has 2 aliphatic heterocycles. The number of piperazine rings is 1. The number of hydrogen-bond donors (Lipinski definition) is 0. The van der Waals surface area contributed by atoms with E-state index in [2.05, 4.69) is 11.0 Å². The number of nitriles is 1. The van der Waals surface area contributed by atoms with E-state index in [0.29, 0.717) is 30.8 Å². The maximum atomic E-state index is 12.9. The number of benzene rings is 1. The van der Waals surface area contributed by atoms with Crippen LogP contribution < -0.4 is 0 Å². The second-order valence-electron chi connectivity index (χ2n) is 7.18. The summed E-state index contributed by atoms with van der Waals surface area (Å²) < 4.78 is 24.5. The Labute approximate surface area is 154 Å². The number of amides is 1. The summed E-state index contributed by atoms with van der Waals surface area (Å²) in [6, 6.07) is 8.05. The summed E-state index contributed by atoms with van der Waals surface area (Å²) in [4.78, 5) is 16.8. The van der Waals surface area contributed by atoms with Gasteiger partial charge in [-0.3, -0.25) is 9.69 Å². The summed E-state index contributed by atoms with van der Waals surface area (Å²) >= 11 is 0. The molecular weight excluding hydrogens is 350 g/mol. The van der Waals surface area contributed by atoms with Gasteiger partial charge in [0.2, 0.25) is 0 Å². The number of allylic oxidation sites excluding steroid dienone is 1. The van der Waals surface area contributed by atoms with Gasteiger partial charge < -0.3 is 4.90 Å². The summed E-state index contributed by atoms with van der Waals surface area (Å²) in [6.07, 6.45) is 2.10. The molecule has 2 heterocycles. The molecule has 0 radical (unpaired) electrons. The molecule has 0 saturated carbocycles. The predicted molar refractivity (Wildman–Crippen MR) is 99.4 cm³/mol. The molecule has 3 rings (SSSR count). The van der Waals surface area contributed by atoms with E-state index in [0.717, 1.165) is 0 Å². The molecule has 0 unspecified atom stereocenters. The van der Waals surface area contributed by atoms with E-state index < -0.39 is 9.84 Å². The summed E-state index contributed by atoms with van der Waals surface area (Å²) in [5.74, 6) is -0.0420. The topological polar surface area (TPSA) is 81.5 Å². The predicted octanol–water partition coefficient (Wildman–Crippen LogP) is 1.45. The van der Waals surface area contributed by atoms with Crippen molar-refractivity contribution in [1.29, 1.82) is 5.26 Å². The van der Waals surface area contributed by atoms with Gasteiger partial charge in [-0.15, -0.1) is 0 Å². The van der Waals surface area contributed by atoms with Gasteiger partial charge in [-0.25, -0.2) is 8.42 Å². The van der Waals surface area contributed by atoms with Crippen LogP contribution in [0.3, 0.4) is 0 Å². The van der Waals surface area contributed by atoms with E-state index in [1.807, 2.05) is 19.9 Å². The molecule has 138 valence electrons. The first-order chi connectivity index (χ1) is 12.3. The third-order valence-corrected chi connectivity index (χ3v) is 6.75. The van der Waals surface area contributed by atoms with Crippen molar-refractivity contribution in [3.05, 3.63) is 47.0 Å². The Kier molecular flexibility index (Phi) is 5.17. The van der Waals surface area contributed by atoms with Gasteiger partial charge in [0.25, 0.3) is 5.91 Å². The summed E-state index contributed by atoms with van der Waals surface area (Å²) in [6.45, 7) is 5.91. The average molecular weight is 373 g/mol. The lowest BCUT2D eigenvalue weighted by Crippen LogP contribution is -2.60. The van der Waals surface area contributed by atoms with E-state index in [-0.39, 0.29) is 29.5 Å². The number of hydrogen-bond acceptors (Lipinski definition) is 5. The summed E-state index contributed by atoms with van der Waals surface area (Å²) in [5, 5.41) is 8.89.